The highest BCUT2D eigenvalue weighted by Gasteiger charge is 2.12. The molecule has 1 amide bonds. The SMILES string of the molecule is CCNc1nc(C(C)C)nc(NCCC(N)=O)c1C. The molecule has 0 unspecified atom stereocenters. The Labute approximate surface area is 114 Å². The number of carbonyl (C=O) groups excluding carboxylic acids is 1. The number of nitrogens with two attached hydrogens (primary N) is 1. The highest BCUT2D eigenvalue weighted by atomic mass is 16.1. The number of primary amides is 1. The molecule has 0 bridgehead atoms. The fourth-order valence-electron chi connectivity index (χ4n) is 1.61. The second kappa shape index (κ2) is 6.92. The van der Waals surface area contributed by atoms with Crippen molar-refractivity contribution in [3.63, 3.8) is 0 Å². The maximum atomic E-state index is 10.8. The fourth-order valence-corrected chi connectivity index (χ4v) is 1.61. The Kier molecular flexibility index (Phi) is 5.54. The topological polar surface area (TPSA) is 92.9 Å². The third-order valence-corrected chi connectivity index (χ3v) is 2.69. The molecule has 0 fully saturated rings. The van der Waals surface area contributed by atoms with Crippen molar-refractivity contribution in [2.45, 2.75) is 40.0 Å². The molecule has 0 atom stereocenters. The third kappa shape index (κ3) is 4.39. The van der Waals surface area contributed by atoms with Gasteiger partial charge in [0.2, 0.25) is 5.91 Å². The quantitative estimate of drug-likeness (QED) is 0.696. The molecule has 1 aromatic heterocycles. The molecule has 6 nitrogen and oxygen atoms in total. The van der Waals surface area contributed by atoms with E-state index in [1.165, 1.54) is 0 Å². The van der Waals surface area contributed by atoms with Crippen molar-refractivity contribution < 1.29 is 4.79 Å². The van der Waals surface area contributed by atoms with Gasteiger partial charge in [-0.1, -0.05) is 13.8 Å². The van der Waals surface area contributed by atoms with Crippen molar-refractivity contribution in [3.8, 4) is 0 Å². The summed E-state index contributed by atoms with van der Waals surface area (Å²) in [5.74, 6) is 2.30. The van der Waals surface area contributed by atoms with E-state index in [0.29, 0.717) is 6.54 Å². The van der Waals surface area contributed by atoms with Crippen LogP contribution < -0.4 is 16.4 Å². The zero-order valence-corrected chi connectivity index (χ0v) is 12.1. The van der Waals surface area contributed by atoms with Gasteiger partial charge in [-0.2, -0.15) is 0 Å². The first-order valence-corrected chi connectivity index (χ1v) is 6.60. The minimum atomic E-state index is -0.324. The summed E-state index contributed by atoms with van der Waals surface area (Å²) in [5, 5.41) is 6.37. The maximum absolute atomic E-state index is 10.8. The predicted molar refractivity (Wildman–Crippen MR) is 77.3 cm³/mol. The molecule has 0 radical (unpaired) electrons. The van der Waals surface area contributed by atoms with Crippen LogP contribution in [0.25, 0.3) is 0 Å². The lowest BCUT2D eigenvalue weighted by Gasteiger charge is -2.15. The lowest BCUT2D eigenvalue weighted by Crippen LogP contribution is -2.18. The Morgan fingerprint density at radius 1 is 1.26 bits per heavy atom. The molecule has 106 valence electrons. The van der Waals surface area contributed by atoms with Crippen molar-refractivity contribution >= 4 is 17.5 Å². The number of nitrogens with one attached hydrogen (secondary N) is 2. The molecule has 0 saturated carbocycles. The van der Waals surface area contributed by atoms with E-state index in [0.717, 1.165) is 29.6 Å². The van der Waals surface area contributed by atoms with Crippen molar-refractivity contribution in [1.29, 1.82) is 0 Å². The van der Waals surface area contributed by atoms with Crippen molar-refractivity contribution in [2.75, 3.05) is 23.7 Å². The Morgan fingerprint density at radius 3 is 2.32 bits per heavy atom. The van der Waals surface area contributed by atoms with E-state index in [4.69, 9.17) is 5.73 Å². The summed E-state index contributed by atoms with van der Waals surface area (Å²) in [6.07, 6.45) is 0.289. The van der Waals surface area contributed by atoms with Crippen LogP contribution in [-0.2, 0) is 4.79 Å². The zero-order valence-electron chi connectivity index (χ0n) is 12.1. The lowest BCUT2D eigenvalue weighted by molar-refractivity contribution is -0.117. The number of anilines is 2. The summed E-state index contributed by atoms with van der Waals surface area (Å²) in [6, 6.07) is 0. The predicted octanol–water partition coefficient (Wildman–Crippen LogP) is 1.63. The van der Waals surface area contributed by atoms with E-state index in [1.54, 1.807) is 0 Å². The average molecular weight is 265 g/mol. The van der Waals surface area contributed by atoms with Gasteiger partial charge >= 0.3 is 0 Å². The Bertz CT molecular complexity index is 445. The second-order valence-corrected chi connectivity index (χ2v) is 4.73. The summed E-state index contributed by atoms with van der Waals surface area (Å²) < 4.78 is 0. The summed E-state index contributed by atoms with van der Waals surface area (Å²) in [6.45, 7) is 9.36. The van der Waals surface area contributed by atoms with Gasteiger partial charge in [-0.3, -0.25) is 4.79 Å². The van der Waals surface area contributed by atoms with Crippen molar-refractivity contribution in [1.82, 2.24) is 9.97 Å². The molecule has 0 aliphatic carbocycles. The van der Waals surface area contributed by atoms with Gasteiger partial charge < -0.3 is 16.4 Å². The van der Waals surface area contributed by atoms with Gasteiger partial charge in [0.1, 0.15) is 17.5 Å². The van der Waals surface area contributed by atoms with E-state index < -0.39 is 0 Å². The second-order valence-electron chi connectivity index (χ2n) is 4.73. The monoisotopic (exact) mass is 265 g/mol. The first-order chi connectivity index (χ1) is 8.95. The lowest BCUT2D eigenvalue weighted by atomic mass is 10.2. The number of amides is 1. The summed E-state index contributed by atoms with van der Waals surface area (Å²) in [7, 11) is 0. The van der Waals surface area contributed by atoms with Crippen LogP contribution in [0.2, 0.25) is 0 Å². The molecule has 0 aliphatic rings. The van der Waals surface area contributed by atoms with Crippen LogP contribution in [0.4, 0.5) is 11.6 Å². The standard InChI is InChI=1S/C13H23N5O/c1-5-15-12-9(4)13(16-7-6-10(14)19)18-11(17-12)8(2)3/h8H,5-7H2,1-4H3,(H2,14,19)(H2,15,16,17,18). The number of hydrogen-bond donors (Lipinski definition) is 3. The number of aromatic nitrogens is 2. The highest BCUT2D eigenvalue weighted by molar-refractivity contribution is 5.74. The Balaban J connectivity index is 2.96. The van der Waals surface area contributed by atoms with Gasteiger partial charge in [0.25, 0.3) is 0 Å². The minimum absolute atomic E-state index is 0.245. The van der Waals surface area contributed by atoms with Crippen LogP contribution in [0.5, 0.6) is 0 Å². The Morgan fingerprint density at radius 2 is 1.84 bits per heavy atom. The molecule has 1 aromatic rings. The summed E-state index contributed by atoms with van der Waals surface area (Å²) >= 11 is 0. The van der Waals surface area contributed by atoms with E-state index in [9.17, 15) is 4.79 Å². The zero-order chi connectivity index (χ0) is 14.4. The molecule has 4 N–H and O–H groups in total. The molecule has 1 rings (SSSR count). The molecule has 19 heavy (non-hydrogen) atoms. The highest BCUT2D eigenvalue weighted by Crippen LogP contribution is 2.22. The average Bonchev–Trinajstić information content (AvgIpc) is 2.33. The fraction of sp³-hybridized carbons (Fsp3) is 0.615. The molecule has 0 saturated heterocycles. The first kappa shape index (κ1) is 15.2. The molecule has 6 heteroatoms. The summed E-state index contributed by atoms with van der Waals surface area (Å²) in [4.78, 5) is 19.8. The number of hydrogen-bond acceptors (Lipinski definition) is 5. The van der Waals surface area contributed by atoms with E-state index in [1.807, 2.05) is 27.7 Å². The van der Waals surface area contributed by atoms with E-state index in [-0.39, 0.29) is 18.2 Å². The van der Waals surface area contributed by atoms with Crippen LogP contribution >= 0.6 is 0 Å². The molecular formula is C13H23N5O. The maximum Gasteiger partial charge on any atom is 0.219 e. The van der Waals surface area contributed by atoms with Gasteiger partial charge in [-0.15, -0.1) is 0 Å². The van der Waals surface area contributed by atoms with Gasteiger partial charge in [-0.25, -0.2) is 9.97 Å². The van der Waals surface area contributed by atoms with Gasteiger partial charge in [-0.05, 0) is 13.8 Å². The van der Waals surface area contributed by atoms with Crippen molar-refractivity contribution in [2.24, 2.45) is 5.73 Å². The first-order valence-electron chi connectivity index (χ1n) is 6.60. The largest absolute Gasteiger partial charge is 0.370 e. The minimum Gasteiger partial charge on any atom is -0.370 e. The van der Waals surface area contributed by atoms with Gasteiger partial charge in [0, 0.05) is 31.0 Å². The molecular weight excluding hydrogens is 242 g/mol. The normalized spacial score (nSPS) is 10.6. The summed E-state index contributed by atoms with van der Waals surface area (Å²) in [5.41, 5.74) is 6.08. The van der Waals surface area contributed by atoms with E-state index in [2.05, 4.69) is 20.6 Å². The van der Waals surface area contributed by atoms with Crippen LogP contribution in [0.1, 0.15) is 44.5 Å². The van der Waals surface area contributed by atoms with Crippen LogP contribution in [-0.4, -0.2) is 29.0 Å². The molecule has 0 aromatic carbocycles. The van der Waals surface area contributed by atoms with Crippen LogP contribution in [0, 0.1) is 6.92 Å². The smallest absolute Gasteiger partial charge is 0.219 e. The van der Waals surface area contributed by atoms with Crippen LogP contribution in [0.3, 0.4) is 0 Å². The third-order valence-electron chi connectivity index (χ3n) is 2.69. The number of nitrogens with zero attached hydrogens (tertiary/aromatic N) is 2. The molecule has 0 aliphatic heterocycles. The van der Waals surface area contributed by atoms with Crippen molar-refractivity contribution in [3.05, 3.63) is 11.4 Å². The molecule has 1 heterocycles. The Hall–Kier alpha value is -1.85. The number of carbonyl (C=O) groups is 1. The van der Waals surface area contributed by atoms with E-state index >= 15 is 0 Å². The van der Waals surface area contributed by atoms with Crippen LogP contribution in [0.15, 0.2) is 0 Å². The van der Waals surface area contributed by atoms with Gasteiger partial charge in [0.15, 0.2) is 0 Å². The number of rotatable bonds is 7. The van der Waals surface area contributed by atoms with Gasteiger partial charge in [0.05, 0.1) is 0 Å². The molecule has 0 spiro atoms.